The van der Waals surface area contributed by atoms with Crippen molar-refractivity contribution >= 4 is 10.8 Å². The summed E-state index contributed by atoms with van der Waals surface area (Å²) in [5.41, 5.74) is -0.790. The van der Waals surface area contributed by atoms with Crippen molar-refractivity contribution in [1.29, 1.82) is 0 Å². The monoisotopic (exact) mass is 370 g/mol. The molecule has 4 aromatic rings. The van der Waals surface area contributed by atoms with Crippen LogP contribution in [-0.2, 0) is 12.7 Å². The molecule has 0 fully saturated rings. The van der Waals surface area contributed by atoms with Gasteiger partial charge in [-0.15, -0.1) is 0 Å². The molecule has 5 nitrogen and oxygen atoms in total. The Morgan fingerprint density at radius 1 is 1.00 bits per heavy atom. The molecular formula is C19H13F3N4O. The maximum Gasteiger partial charge on any atom is 0.416 e. The fourth-order valence-electron chi connectivity index (χ4n) is 2.92. The lowest BCUT2D eigenvalue weighted by Gasteiger charge is -2.13. The van der Waals surface area contributed by atoms with Gasteiger partial charge in [-0.2, -0.15) is 18.3 Å². The van der Waals surface area contributed by atoms with Crippen LogP contribution in [0.2, 0.25) is 0 Å². The van der Waals surface area contributed by atoms with Crippen LogP contribution >= 0.6 is 0 Å². The van der Waals surface area contributed by atoms with Crippen LogP contribution in [-0.4, -0.2) is 19.3 Å². The van der Waals surface area contributed by atoms with E-state index in [0.29, 0.717) is 22.2 Å². The van der Waals surface area contributed by atoms with Crippen molar-refractivity contribution in [1.82, 2.24) is 19.3 Å². The minimum atomic E-state index is -4.44. The maximum absolute atomic E-state index is 12.9. The summed E-state index contributed by atoms with van der Waals surface area (Å²) in [6.07, 6.45) is 0.375. The molecule has 0 aliphatic rings. The highest BCUT2D eigenvalue weighted by Gasteiger charge is 2.30. The number of hydrogen-bond acceptors (Lipinski definition) is 3. The standard InChI is InChI=1S/C19H13F3N4O/c20-19(21,22)14-5-3-4-13(10-14)11-26-18(27)16-7-2-1-6-15(16)17(24-26)25-9-8-23-12-25/h1-10,12H,11H2. The van der Waals surface area contributed by atoms with E-state index in [-0.39, 0.29) is 12.1 Å². The van der Waals surface area contributed by atoms with Crippen LogP contribution in [0.4, 0.5) is 13.2 Å². The van der Waals surface area contributed by atoms with Gasteiger partial charge in [0.25, 0.3) is 5.56 Å². The molecular weight excluding hydrogens is 357 g/mol. The van der Waals surface area contributed by atoms with E-state index in [4.69, 9.17) is 0 Å². The number of nitrogens with zero attached hydrogens (tertiary/aromatic N) is 4. The fourth-order valence-corrected chi connectivity index (χ4v) is 2.92. The van der Waals surface area contributed by atoms with Gasteiger partial charge in [-0.3, -0.25) is 9.36 Å². The van der Waals surface area contributed by atoms with Crippen LogP contribution in [0.5, 0.6) is 0 Å². The summed E-state index contributed by atoms with van der Waals surface area (Å²) in [7, 11) is 0. The Balaban J connectivity index is 1.86. The van der Waals surface area contributed by atoms with Crippen LogP contribution in [0.25, 0.3) is 16.6 Å². The first-order valence-electron chi connectivity index (χ1n) is 8.08. The highest BCUT2D eigenvalue weighted by atomic mass is 19.4. The van der Waals surface area contributed by atoms with E-state index in [0.717, 1.165) is 12.1 Å². The lowest BCUT2D eigenvalue weighted by Crippen LogP contribution is -2.25. The Morgan fingerprint density at radius 2 is 1.78 bits per heavy atom. The number of halogens is 3. The van der Waals surface area contributed by atoms with Gasteiger partial charge in [-0.1, -0.05) is 30.3 Å². The van der Waals surface area contributed by atoms with E-state index < -0.39 is 11.7 Å². The van der Waals surface area contributed by atoms with Gasteiger partial charge in [-0.05, 0) is 23.8 Å². The molecule has 2 heterocycles. The number of imidazole rings is 1. The normalized spacial score (nSPS) is 11.8. The average Bonchev–Trinajstić information content (AvgIpc) is 3.18. The van der Waals surface area contributed by atoms with Crippen molar-refractivity contribution in [3.8, 4) is 5.82 Å². The molecule has 2 aromatic heterocycles. The fraction of sp³-hybridized carbons (Fsp3) is 0.105. The summed E-state index contributed by atoms with van der Waals surface area (Å²) in [6, 6.07) is 11.8. The third kappa shape index (κ3) is 3.21. The van der Waals surface area contributed by atoms with Crippen LogP contribution in [0.3, 0.4) is 0 Å². The Bertz CT molecular complexity index is 1160. The first-order valence-corrected chi connectivity index (χ1v) is 8.08. The number of alkyl halides is 3. The van der Waals surface area contributed by atoms with Gasteiger partial charge in [0.05, 0.1) is 17.5 Å². The van der Waals surface area contributed by atoms with Gasteiger partial charge in [0.2, 0.25) is 0 Å². The van der Waals surface area contributed by atoms with Crippen molar-refractivity contribution in [2.75, 3.05) is 0 Å². The second-order valence-corrected chi connectivity index (χ2v) is 6.00. The number of benzene rings is 2. The Labute approximate surface area is 151 Å². The van der Waals surface area contributed by atoms with Crippen LogP contribution < -0.4 is 5.56 Å². The van der Waals surface area contributed by atoms with E-state index in [1.54, 1.807) is 47.6 Å². The molecule has 0 saturated heterocycles. The summed E-state index contributed by atoms with van der Waals surface area (Å²) >= 11 is 0. The highest BCUT2D eigenvalue weighted by Crippen LogP contribution is 2.29. The van der Waals surface area contributed by atoms with Gasteiger partial charge in [0.15, 0.2) is 5.82 Å². The molecule has 0 N–H and O–H groups in total. The van der Waals surface area contributed by atoms with Gasteiger partial charge in [-0.25, -0.2) is 9.67 Å². The molecule has 136 valence electrons. The van der Waals surface area contributed by atoms with Gasteiger partial charge < -0.3 is 0 Å². The Morgan fingerprint density at radius 3 is 2.48 bits per heavy atom. The summed E-state index contributed by atoms with van der Waals surface area (Å²) in [5.74, 6) is 0.481. The molecule has 0 amide bonds. The number of hydrogen-bond donors (Lipinski definition) is 0. The van der Waals surface area contributed by atoms with E-state index in [2.05, 4.69) is 10.1 Å². The van der Waals surface area contributed by atoms with Crippen molar-refractivity contribution in [2.24, 2.45) is 0 Å². The smallest absolute Gasteiger partial charge is 0.289 e. The van der Waals surface area contributed by atoms with Crippen LogP contribution in [0.1, 0.15) is 11.1 Å². The number of rotatable bonds is 3. The third-order valence-corrected chi connectivity index (χ3v) is 4.18. The second-order valence-electron chi connectivity index (χ2n) is 6.00. The van der Waals surface area contributed by atoms with Crippen molar-refractivity contribution in [2.45, 2.75) is 12.7 Å². The summed E-state index contributed by atoms with van der Waals surface area (Å²) in [4.78, 5) is 16.8. The quantitative estimate of drug-likeness (QED) is 0.553. The molecule has 0 radical (unpaired) electrons. The predicted molar refractivity (Wildman–Crippen MR) is 93.7 cm³/mol. The summed E-state index contributed by atoms with van der Waals surface area (Å²) in [5, 5.41) is 5.45. The lowest BCUT2D eigenvalue weighted by molar-refractivity contribution is -0.137. The lowest BCUT2D eigenvalue weighted by atomic mass is 10.1. The van der Waals surface area contributed by atoms with Crippen LogP contribution in [0, 0.1) is 0 Å². The van der Waals surface area contributed by atoms with Crippen LogP contribution in [0.15, 0.2) is 72.0 Å². The van der Waals surface area contributed by atoms with Gasteiger partial charge >= 0.3 is 6.18 Å². The first kappa shape index (κ1) is 17.0. The number of aromatic nitrogens is 4. The molecule has 0 aliphatic heterocycles. The molecule has 2 aromatic carbocycles. The largest absolute Gasteiger partial charge is 0.416 e. The second kappa shape index (κ2) is 6.39. The molecule has 0 aliphatic carbocycles. The molecule has 4 rings (SSSR count). The molecule has 27 heavy (non-hydrogen) atoms. The van der Waals surface area contributed by atoms with E-state index in [1.165, 1.54) is 16.8 Å². The Kier molecular flexibility index (Phi) is 4.02. The third-order valence-electron chi connectivity index (χ3n) is 4.18. The minimum Gasteiger partial charge on any atom is -0.289 e. The summed E-state index contributed by atoms with van der Waals surface area (Å²) < 4.78 is 41.7. The Hall–Kier alpha value is -3.42. The summed E-state index contributed by atoms with van der Waals surface area (Å²) in [6.45, 7) is -0.0741. The molecule has 0 spiro atoms. The van der Waals surface area contributed by atoms with Crippen molar-refractivity contribution < 1.29 is 13.2 Å². The SMILES string of the molecule is O=c1c2ccccc2c(-n2ccnc2)nn1Cc1cccc(C(F)(F)F)c1. The molecule has 0 saturated carbocycles. The zero-order valence-electron chi connectivity index (χ0n) is 13.9. The predicted octanol–water partition coefficient (Wildman–Crippen LogP) is 3.65. The zero-order chi connectivity index (χ0) is 19.0. The topological polar surface area (TPSA) is 52.7 Å². The van der Waals surface area contributed by atoms with Gasteiger partial charge in [0, 0.05) is 17.8 Å². The highest BCUT2D eigenvalue weighted by molar-refractivity contribution is 5.87. The van der Waals surface area contributed by atoms with E-state index >= 15 is 0 Å². The number of fused-ring (bicyclic) bond motifs is 1. The molecule has 0 bridgehead atoms. The van der Waals surface area contributed by atoms with E-state index in [9.17, 15) is 18.0 Å². The van der Waals surface area contributed by atoms with Gasteiger partial charge in [0.1, 0.15) is 6.33 Å². The zero-order valence-corrected chi connectivity index (χ0v) is 13.9. The molecule has 8 heteroatoms. The molecule has 0 unspecified atom stereocenters. The maximum atomic E-state index is 12.9. The van der Waals surface area contributed by atoms with Crippen molar-refractivity contribution in [3.05, 3.63) is 88.7 Å². The van der Waals surface area contributed by atoms with Crippen molar-refractivity contribution in [3.63, 3.8) is 0 Å². The molecule has 0 atom stereocenters. The minimum absolute atomic E-state index is 0.0741. The average molecular weight is 370 g/mol. The van der Waals surface area contributed by atoms with E-state index in [1.807, 2.05) is 0 Å². The first-order chi connectivity index (χ1) is 12.9.